The molecule has 1 saturated carbocycles. The maximum Gasteiger partial charge on any atom is 0.257 e. The molecule has 2 heterocycles. The third-order valence-corrected chi connectivity index (χ3v) is 6.15. The first-order valence-electron chi connectivity index (χ1n) is 9.52. The Bertz CT molecular complexity index is 744. The number of hydrogen-bond donors (Lipinski definition) is 2. The van der Waals surface area contributed by atoms with Crippen LogP contribution in [-0.2, 0) is 11.2 Å². The Morgan fingerprint density at radius 2 is 2.08 bits per heavy atom. The van der Waals surface area contributed by atoms with Gasteiger partial charge in [-0.2, -0.15) is 0 Å². The Morgan fingerprint density at radius 3 is 2.73 bits per heavy atom. The summed E-state index contributed by atoms with van der Waals surface area (Å²) in [6.45, 7) is 6.35. The minimum absolute atomic E-state index is 0.0299. The molecule has 5 heteroatoms. The molecule has 0 bridgehead atoms. The van der Waals surface area contributed by atoms with Gasteiger partial charge in [0.1, 0.15) is 11.4 Å². The number of nitrogens with zero attached hydrogens (tertiary/aromatic N) is 1. The van der Waals surface area contributed by atoms with E-state index in [1.807, 2.05) is 12.1 Å². The lowest BCUT2D eigenvalue weighted by Gasteiger charge is -2.45. The maximum absolute atomic E-state index is 11.2. The molecule has 1 aromatic rings. The molecule has 2 aliphatic heterocycles. The number of likely N-dealkylation sites (tertiary alicyclic amines) is 1. The second-order valence-electron chi connectivity index (χ2n) is 7.77. The zero-order valence-corrected chi connectivity index (χ0v) is 15.2. The molecule has 2 fully saturated rings. The molecule has 1 spiro atoms. The molecule has 0 unspecified atom stereocenters. The van der Waals surface area contributed by atoms with Crippen LogP contribution in [0.2, 0.25) is 0 Å². The van der Waals surface area contributed by atoms with Crippen LogP contribution in [0.5, 0.6) is 5.75 Å². The second kappa shape index (κ2) is 6.89. The monoisotopic (exact) mass is 353 g/mol. The summed E-state index contributed by atoms with van der Waals surface area (Å²) in [4.78, 5) is 13.9. The van der Waals surface area contributed by atoms with Crippen molar-refractivity contribution in [1.29, 1.82) is 0 Å². The highest BCUT2D eigenvalue weighted by Crippen LogP contribution is 2.43. The minimum Gasteiger partial charge on any atom is -0.487 e. The molecular weight excluding hydrogens is 326 g/mol. The van der Waals surface area contributed by atoms with Crippen LogP contribution in [0.3, 0.4) is 0 Å². The molecule has 3 aliphatic rings. The number of rotatable bonds is 4. The van der Waals surface area contributed by atoms with E-state index in [0.29, 0.717) is 0 Å². The topological polar surface area (TPSA) is 67.6 Å². The van der Waals surface area contributed by atoms with Gasteiger partial charge in [-0.1, -0.05) is 19.1 Å². The fourth-order valence-corrected chi connectivity index (χ4v) is 4.28. The molecule has 0 radical (unpaired) electrons. The number of fused-ring (bicyclic) bond motifs is 1. The molecule has 1 aromatic carbocycles. The summed E-state index contributed by atoms with van der Waals surface area (Å²) in [7, 11) is 0. The van der Waals surface area contributed by atoms with Gasteiger partial charge in [-0.05, 0) is 47.8 Å². The van der Waals surface area contributed by atoms with Gasteiger partial charge in [0.05, 0.1) is 0 Å². The van der Waals surface area contributed by atoms with E-state index in [4.69, 9.17) is 10.6 Å². The Balaban J connectivity index is 1.42. The minimum atomic E-state index is -0.340. The highest BCUT2D eigenvalue weighted by molar-refractivity contribution is 5.90. The molecular formula is C21H27N3O2. The van der Waals surface area contributed by atoms with E-state index in [0.717, 1.165) is 55.3 Å². The molecule has 1 amide bonds. The van der Waals surface area contributed by atoms with Gasteiger partial charge in [0.25, 0.3) is 5.91 Å². The van der Waals surface area contributed by atoms with Gasteiger partial charge in [-0.15, -0.1) is 0 Å². The average molecular weight is 353 g/mol. The number of allylic oxidation sites excluding steroid dienone is 2. The molecule has 3 N–H and O–H groups in total. The van der Waals surface area contributed by atoms with Crippen LogP contribution < -0.4 is 16.0 Å². The van der Waals surface area contributed by atoms with Gasteiger partial charge in [0, 0.05) is 44.5 Å². The van der Waals surface area contributed by atoms with Crippen molar-refractivity contribution in [3.05, 3.63) is 48.1 Å². The van der Waals surface area contributed by atoms with Crippen LogP contribution in [0.25, 0.3) is 5.57 Å². The normalized spacial score (nSPS) is 22.0. The first kappa shape index (κ1) is 17.3. The summed E-state index contributed by atoms with van der Waals surface area (Å²) in [5.41, 5.74) is 5.10. The highest BCUT2D eigenvalue weighted by Gasteiger charge is 2.43. The first-order chi connectivity index (χ1) is 12.6. The molecule has 0 atom stereocenters. The molecule has 138 valence electrons. The zero-order chi connectivity index (χ0) is 18.1. The fourth-order valence-electron chi connectivity index (χ4n) is 4.28. The van der Waals surface area contributed by atoms with Crippen LogP contribution in [0.4, 0.5) is 0 Å². The SMILES string of the molecule is C=C(/C=C\C(=O)NN)c1ccc2c(c1)CC1(CCN(C3CCC3)CC1)O2. The lowest BCUT2D eigenvalue weighted by atomic mass is 9.83. The van der Waals surface area contributed by atoms with Crippen molar-refractivity contribution >= 4 is 11.5 Å². The number of nitrogens with two attached hydrogens (primary N) is 1. The van der Waals surface area contributed by atoms with Crippen LogP contribution >= 0.6 is 0 Å². The number of benzene rings is 1. The summed E-state index contributed by atoms with van der Waals surface area (Å²) in [6.07, 6.45) is 10.4. The van der Waals surface area contributed by atoms with E-state index in [-0.39, 0.29) is 11.5 Å². The number of hydrazine groups is 1. The molecule has 1 aliphatic carbocycles. The van der Waals surface area contributed by atoms with E-state index in [2.05, 4.69) is 23.0 Å². The number of hydrogen-bond acceptors (Lipinski definition) is 4. The number of piperidine rings is 1. The zero-order valence-electron chi connectivity index (χ0n) is 15.2. The standard InChI is InChI=1S/C21H27N3O2/c1-15(5-8-20(25)23-22)16-6-7-19-17(13-16)14-21(26-19)9-11-24(12-10-21)18-3-2-4-18/h5-8,13,18H,1-4,9-12,14,22H2,(H,23,25)/b8-5-. The Hall–Kier alpha value is -2.11. The molecule has 4 rings (SSSR count). The van der Waals surface area contributed by atoms with Gasteiger partial charge in [0.2, 0.25) is 0 Å². The molecule has 0 aromatic heterocycles. The lowest BCUT2D eigenvalue weighted by Crippen LogP contribution is -2.52. The van der Waals surface area contributed by atoms with Crippen molar-refractivity contribution in [3.63, 3.8) is 0 Å². The third kappa shape index (κ3) is 3.29. The number of amides is 1. The summed E-state index contributed by atoms with van der Waals surface area (Å²) >= 11 is 0. The van der Waals surface area contributed by atoms with Crippen molar-refractivity contribution < 1.29 is 9.53 Å². The highest BCUT2D eigenvalue weighted by atomic mass is 16.5. The number of carbonyl (C=O) groups is 1. The Kier molecular flexibility index (Phi) is 4.59. The lowest BCUT2D eigenvalue weighted by molar-refractivity contribution is -0.116. The first-order valence-corrected chi connectivity index (χ1v) is 9.52. The summed E-state index contributed by atoms with van der Waals surface area (Å²) in [6, 6.07) is 7.02. The molecule has 5 nitrogen and oxygen atoms in total. The predicted octanol–water partition coefficient (Wildman–Crippen LogP) is 2.57. The maximum atomic E-state index is 11.2. The fraction of sp³-hybridized carbons (Fsp3) is 0.476. The van der Waals surface area contributed by atoms with Gasteiger partial charge < -0.3 is 9.64 Å². The largest absolute Gasteiger partial charge is 0.487 e. The third-order valence-electron chi connectivity index (χ3n) is 6.15. The molecule has 26 heavy (non-hydrogen) atoms. The van der Waals surface area contributed by atoms with Gasteiger partial charge in [0.15, 0.2) is 0 Å². The van der Waals surface area contributed by atoms with Gasteiger partial charge in [-0.3, -0.25) is 10.2 Å². The van der Waals surface area contributed by atoms with Crippen LogP contribution in [0.1, 0.15) is 43.2 Å². The van der Waals surface area contributed by atoms with Crippen molar-refractivity contribution in [1.82, 2.24) is 10.3 Å². The quantitative estimate of drug-likeness (QED) is 0.287. The van der Waals surface area contributed by atoms with E-state index >= 15 is 0 Å². The smallest absolute Gasteiger partial charge is 0.257 e. The number of carbonyl (C=O) groups excluding carboxylic acids is 1. The summed E-state index contributed by atoms with van der Waals surface area (Å²) in [5.74, 6) is 5.75. The van der Waals surface area contributed by atoms with E-state index in [1.54, 1.807) is 6.08 Å². The van der Waals surface area contributed by atoms with Crippen molar-refractivity contribution in [2.24, 2.45) is 5.84 Å². The number of ether oxygens (including phenoxy) is 1. The second-order valence-corrected chi connectivity index (χ2v) is 7.77. The van der Waals surface area contributed by atoms with E-state index in [9.17, 15) is 4.79 Å². The Morgan fingerprint density at radius 1 is 1.31 bits per heavy atom. The van der Waals surface area contributed by atoms with Crippen LogP contribution in [0, 0.1) is 0 Å². The van der Waals surface area contributed by atoms with E-state index < -0.39 is 0 Å². The van der Waals surface area contributed by atoms with Gasteiger partial charge in [-0.25, -0.2) is 5.84 Å². The molecule has 1 saturated heterocycles. The van der Waals surface area contributed by atoms with Crippen LogP contribution in [0.15, 0.2) is 36.9 Å². The van der Waals surface area contributed by atoms with Gasteiger partial charge >= 0.3 is 0 Å². The van der Waals surface area contributed by atoms with Crippen molar-refractivity contribution in [3.8, 4) is 5.75 Å². The van der Waals surface area contributed by atoms with E-state index in [1.165, 1.54) is 30.9 Å². The predicted molar refractivity (Wildman–Crippen MR) is 102 cm³/mol. The summed E-state index contributed by atoms with van der Waals surface area (Å²) < 4.78 is 6.41. The summed E-state index contributed by atoms with van der Waals surface area (Å²) in [5, 5.41) is 0. The van der Waals surface area contributed by atoms with Crippen molar-refractivity contribution in [2.75, 3.05) is 13.1 Å². The van der Waals surface area contributed by atoms with Crippen LogP contribution in [-0.4, -0.2) is 35.5 Å². The van der Waals surface area contributed by atoms with Crippen molar-refractivity contribution in [2.45, 2.75) is 50.2 Å². The average Bonchev–Trinajstić information content (AvgIpc) is 2.96. The Labute approximate surface area is 154 Å². The number of nitrogens with one attached hydrogen (secondary N) is 1.